The Morgan fingerprint density at radius 3 is 2.67 bits per heavy atom. The zero-order valence-corrected chi connectivity index (χ0v) is 18.8. The molecule has 0 atom stereocenters. The third kappa shape index (κ3) is 4.20. The molecule has 0 unspecified atom stereocenters. The van der Waals surface area contributed by atoms with Gasteiger partial charge in [0.1, 0.15) is 15.6 Å². The Labute approximate surface area is 198 Å². The number of carbonyl (C=O) groups is 2. The Balaban J connectivity index is 1.57. The lowest BCUT2D eigenvalue weighted by atomic mass is 10.1. The van der Waals surface area contributed by atoms with Gasteiger partial charge in [-0.2, -0.15) is 5.10 Å². The Morgan fingerprint density at radius 1 is 1.15 bits per heavy atom. The van der Waals surface area contributed by atoms with Crippen LogP contribution < -0.4 is 0 Å². The van der Waals surface area contributed by atoms with E-state index in [0.717, 1.165) is 28.4 Å². The number of carboxylic acids is 1. The second-order valence-electron chi connectivity index (χ2n) is 7.34. The minimum Gasteiger partial charge on any atom is -0.481 e. The molecular weight excluding hydrogens is 458 g/mol. The molecule has 3 heterocycles. The SMILES string of the molecule is O=C(O)CCN1C(=O)/C(=C/c2cn(-c3ccccc3)nc2-c2cc3ccccc3o2)SC1=S. The van der Waals surface area contributed by atoms with Gasteiger partial charge in [0, 0.05) is 23.7 Å². The number of para-hydroxylation sites is 2. The Bertz CT molecular complexity index is 1390. The first-order chi connectivity index (χ1) is 16.0. The molecule has 0 bridgehead atoms. The molecule has 164 valence electrons. The highest BCUT2D eigenvalue weighted by Crippen LogP contribution is 2.36. The molecule has 4 aromatic rings. The second-order valence-corrected chi connectivity index (χ2v) is 9.01. The van der Waals surface area contributed by atoms with Crippen molar-refractivity contribution in [2.45, 2.75) is 6.42 Å². The number of aliphatic carboxylic acids is 1. The summed E-state index contributed by atoms with van der Waals surface area (Å²) in [5, 5.41) is 14.7. The van der Waals surface area contributed by atoms with Crippen molar-refractivity contribution >= 4 is 57.2 Å². The molecule has 1 aliphatic rings. The fraction of sp³-hybridized carbons (Fsp3) is 0.0833. The molecule has 9 heteroatoms. The second kappa shape index (κ2) is 8.68. The van der Waals surface area contributed by atoms with Crippen molar-refractivity contribution < 1.29 is 19.1 Å². The highest BCUT2D eigenvalue weighted by molar-refractivity contribution is 8.26. The molecule has 1 saturated heterocycles. The van der Waals surface area contributed by atoms with Crippen LogP contribution in [0.5, 0.6) is 0 Å². The Kier molecular flexibility index (Phi) is 5.57. The number of benzene rings is 2. The molecule has 0 saturated carbocycles. The van der Waals surface area contributed by atoms with Crippen molar-refractivity contribution in [2.24, 2.45) is 0 Å². The molecule has 1 amide bonds. The van der Waals surface area contributed by atoms with E-state index in [1.54, 1.807) is 10.8 Å². The number of carbonyl (C=O) groups excluding carboxylic acids is 1. The van der Waals surface area contributed by atoms with Gasteiger partial charge in [-0.25, -0.2) is 4.68 Å². The van der Waals surface area contributed by atoms with Gasteiger partial charge in [-0.1, -0.05) is 60.4 Å². The summed E-state index contributed by atoms with van der Waals surface area (Å²) >= 11 is 6.46. The molecular formula is C24H17N3O4S2. The third-order valence-corrected chi connectivity index (χ3v) is 6.51. The largest absolute Gasteiger partial charge is 0.481 e. The molecule has 1 N–H and O–H groups in total. The summed E-state index contributed by atoms with van der Waals surface area (Å²) in [4.78, 5) is 25.6. The summed E-state index contributed by atoms with van der Waals surface area (Å²) < 4.78 is 8.12. The lowest BCUT2D eigenvalue weighted by Crippen LogP contribution is -2.30. The first-order valence-corrected chi connectivity index (χ1v) is 11.3. The van der Waals surface area contributed by atoms with Crippen LogP contribution in [0.4, 0.5) is 0 Å². The van der Waals surface area contributed by atoms with Crippen LogP contribution in [0.25, 0.3) is 34.2 Å². The van der Waals surface area contributed by atoms with Gasteiger partial charge in [0.25, 0.3) is 5.91 Å². The summed E-state index contributed by atoms with van der Waals surface area (Å²) in [7, 11) is 0. The number of carboxylic acid groups (broad SMARTS) is 1. The van der Waals surface area contributed by atoms with Gasteiger partial charge in [-0.3, -0.25) is 14.5 Å². The number of thioether (sulfide) groups is 1. The van der Waals surface area contributed by atoms with E-state index >= 15 is 0 Å². The van der Waals surface area contributed by atoms with Crippen LogP contribution in [0.1, 0.15) is 12.0 Å². The van der Waals surface area contributed by atoms with Crippen LogP contribution in [0, 0.1) is 0 Å². The normalized spacial score (nSPS) is 15.2. The van der Waals surface area contributed by atoms with Gasteiger partial charge in [-0.05, 0) is 30.3 Å². The minimum atomic E-state index is -0.982. The van der Waals surface area contributed by atoms with E-state index < -0.39 is 5.97 Å². The van der Waals surface area contributed by atoms with E-state index in [2.05, 4.69) is 0 Å². The van der Waals surface area contributed by atoms with Crippen molar-refractivity contribution in [2.75, 3.05) is 6.54 Å². The first-order valence-electron chi connectivity index (χ1n) is 10.1. The predicted octanol–water partition coefficient (Wildman–Crippen LogP) is 4.96. The first kappa shape index (κ1) is 21.2. The van der Waals surface area contributed by atoms with E-state index in [9.17, 15) is 9.59 Å². The fourth-order valence-corrected chi connectivity index (χ4v) is 4.84. The number of thiocarbonyl (C=S) groups is 1. The van der Waals surface area contributed by atoms with Crippen LogP contribution in [0.3, 0.4) is 0 Å². The highest BCUT2D eigenvalue weighted by atomic mass is 32.2. The monoisotopic (exact) mass is 475 g/mol. The van der Waals surface area contributed by atoms with E-state index in [-0.39, 0.29) is 18.9 Å². The highest BCUT2D eigenvalue weighted by Gasteiger charge is 2.32. The minimum absolute atomic E-state index is 0.0387. The summed E-state index contributed by atoms with van der Waals surface area (Å²) in [5.41, 5.74) is 2.89. The van der Waals surface area contributed by atoms with E-state index in [0.29, 0.717) is 26.2 Å². The molecule has 2 aromatic carbocycles. The molecule has 0 aliphatic carbocycles. The lowest BCUT2D eigenvalue weighted by molar-refractivity contribution is -0.137. The average Bonchev–Trinajstić information content (AvgIpc) is 3.49. The molecule has 5 rings (SSSR count). The van der Waals surface area contributed by atoms with Crippen molar-refractivity contribution in [3.63, 3.8) is 0 Å². The van der Waals surface area contributed by atoms with Crippen LogP contribution in [-0.2, 0) is 9.59 Å². The number of furan rings is 1. The topological polar surface area (TPSA) is 88.6 Å². The molecule has 7 nitrogen and oxygen atoms in total. The fourth-order valence-electron chi connectivity index (χ4n) is 3.54. The smallest absolute Gasteiger partial charge is 0.305 e. The van der Waals surface area contributed by atoms with Crippen molar-refractivity contribution in [1.29, 1.82) is 0 Å². The van der Waals surface area contributed by atoms with Crippen molar-refractivity contribution in [3.05, 3.63) is 77.3 Å². The molecule has 1 aliphatic heterocycles. The standard InChI is InChI=1S/C24H17N3O4S2/c28-21(29)10-11-26-23(30)20(33-24(26)32)13-16-14-27(17-7-2-1-3-8-17)25-22(16)19-12-15-6-4-5-9-18(15)31-19/h1-9,12-14H,10-11H2,(H,28,29)/b20-13-. The number of hydrogen-bond acceptors (Lipinski definition) is 6. The Morgan fingerprint density at radius 2 is 1.91 bits per heavy atom. The summed E-state index contributed by atoms with van der Waals surface area (Å²) in [6.45, 7) is 0.0387. The third-order valence-electron chi connectivity index (χ3n) is 5.13. The number of amides is 1. The van der Waals surface area contributed by atoms with Crippen molar-refractivity contribution in [3.8, 4) is 17.1 Å². The maximum Gasteiger partial charge on any atom is 0.305 e. The Hall–Kier alpha value is -3.69. The molecule has 33 heavy (non-hydrogen) atoms. The van der Waals surface area contributed by atoms with Gasteiger partial charge in [0.05, 0.1) is 17.0 Å². The maximum atomic E-state index is 12.9. The van der Waals surface area contributed by atoms with Gasteiger partial charge in [0.15, 0.2) is 5.76 Å². The lowest BCUT2D eigenvalue weighted by Gasteiger charge is -2.12. The van der Waals surface area contributed by atoms with Gasteiger partial charge >= 0.3 is 5.97 Å². The van der Waals surface area contributed by atoms with Crippen LogP contribution in [-0.4, -0.2) is 42.5 Å². The molecule has 0 radical (unpaired) electrons. The zero-order valence-electron chi connectivity index (χ0n) is 17.2. The summed E-state index contributed by atoms with van der Waals surface area (Å²) in [5.74, 6) is -0.711. The van der Waals surface area contributed by atoms with E-state index in [4.69, 9.17) is 26.8 Å². The number of nitrogens with zero attached hydrogens (tertiary/aromatic N) is 3. The molecule has 2 aromatic heterocycles. The maximum absolute atomic E-state index is 12.9. The van der Waals surface area contributed by atoms with E-state index in [1.165, 1.54) is 4.90 Å². The van der Waals surface area contributed by atoms with Crippen molar-refractivity contribution in [1.82, 2.24) is 14.7 Å². The van der Waals surface area contributed by atoms with Crippen LogP contribution in [0.2, 0.25) is 0 Å². The van der Waals surface area contributed by atoms with Gasteiger partial charge in [-0.15, -0.1) is 0 Å². The predicted molar refractivity (Wildman–Crippen MR) is 131 cm³/mol. The molecule has 0 spiro atoms. The van der Waals surface area contributed by atoms with E-state index in [1.807, 2.05) is 66.9 Å². The number of fused-ring (bicyclic) bond motifs is 1. The quantitative estimate of drug-likeness (QED) is 0.311. The van der Waals surface area contributed by atoms with Gasteiger partial charge in [0.2, 0.25) is 0 Å². The summed E-state index contributed by atoms with van der Waals surface area (Å²) in [6, 6.07) is 19.3. The summed E-state index contributed by atoms with van der Waals surface area (Å²) in [6.07, 6.45) is 3.40. The van der Waals surface area contributed by atoms with Gasteiger partial charge < -0.3 is 9.52 Å². The zero-order chi connectivity index (χ0) is 22.9. The van der Waals surface area contributed by atoms with Crippen LogP contribution >= 0.6 is 24.0 Å². The number of aromatic nitrogens is 2. The number of rotatable bonds is 6. The molecule has 1 fully saturated rings. The van der Waals surface area contributed by atoms with Crippen LogP contribution in [0.15, 0.2) is 76.2 Å². The average molecular weight is 476 g/mol. The number of hydrogen-bond donors (Lipinski definition) is 1.